The molecule has 2 aromatic rings. The molecule has 0 unspecified atom stereocenters. The number of anilines is 1. The lowest BCUT2D eigenvalue weighted by Crippen LogP contribution is -2.30. The molecule has 1 N–H and O–H groups in total. The molecule has 1 heterocycles. The van der Waals surface area contributed by atoms with Crippen molar-refractivity contribution in [2.75, 3.05) is 25.6 Å². The van der Waals surface area contributed by atoms with Gasteiger partial charge < -0.3 is 10.1 Å². The molecule has 0 bridgehead atoms. The van der Waals surface area contributed by atoms with E-state index in [9.17, 15) is 0 Å². The van der Waals surface area contributed by atoms with Gasteiger partial charge in [0.2, 0.25) is 0 Å². The van der Waals surface area contributed by atoms with Crippen molar-refractivity contribution in [2.45, 2.75) is 12.8 Å². The van der Waals surface area contributed by atoms with Crippen LogP contribution >= 0.6 is 11.6 Å². The predicted molar refractivity (Wildman–Crippen MR) is 95.5 cm³/mol. The first-order valence-corrected chi connectivity index (χ1v) is 8.12. The van der Waals surface area contributed by atoms with Crippen molar-refractivity contribution < 1.29 is 4.74 Å². The van der Waals surface area contributed by atoms with Gasteiger partial charge in [-0.3, -0.25) is 0 Å². The second-order valence-electron chi connectivity index (χ2n) is 5.33. The largest absolute Gasteiger partial charge is 0.383 e. The molecule has 1 aromatic carbocycles. The first kappa shape index (κ1) is 15.8. The fourth-order valence-corrected chi connectivity index (χ4v) is 2.69. The summed E-state index contributed by atoms with van der Waals surface area (Å²) >= 11 is 6.00. The Morgan fingerprint density at radius 1 is 1.26 bits per heavy atom. The number of hydrogen-bond donors (Lipinski definition) is 1. The normalized spacial score (nSPS) is 13.5. The van der Waals surface area contributed by atoms with Crippen molar-refractivity contribution >= 4 is 29.6 Å². The summed E-state index contributed by atoms with van der Waals surface area (Å²) in [4.78, 5) is 0. The molecule has 0 amide bonds. The highest BCUT2D eigenvalue weighted by Gasteiger charge is 2.09. The van der Waals surface area contributed by atoms with E-state index in [1.807, 2.05) is 28.9 Å². The van der Waals surface area contributed by atoms with Gasteiger partial charge in [0.05, 0.1) is 17.6 Å². The molecule has 5 heteroatoms. The molecule has 0 saturated heterocycles. The van der Waals surface area contributed by atoms with Crippen LogP contribution in [0.1, 0.15) is 12.8 Å². The number of rotatable bonds is 5. The lowest BCUT2D eigenvalue weighted by Gasteiger charge is -2.03. The van der Waals surface area contributed by atoms with E-state index in [1.54, 1.807) is 7.11 Å². The van der Waals surface area contributed by atoms with Crippen LogP contribution in [0.4, 0.5) is 5.82 Å². The minimum absolute atomic E-state index is 0.641. The fourth-order valence-electron chi connectivity index (χ4n) is 2.56. The molecule has 0 radical (unpaired) electrons. The highest BCUT2D eigenvalue weighted by atomic mass is 35.5. The van der Waals surface area contributed by atoms with Crippen LogP contribution < -0.4 is 15.9 Å². The summed E-state index contributed by atoms with van der Waals surface area (Å²) < 4.78 is 7.08. The summed E-state index contributed by atoms with van der Waals surface area (Å²) in [6.07, 6.45) is 10.7. The highest BCUT2D eigenvalue weighted by molar-refractivity contribution is 6.30. The number of fused-ring (bicyclic) bond motifs is 1. The molecule has 0 atom stereocenters. The van der Waals surface area contributed by atoms with Crippen LogP contribution in [-0.2, 0) is 4.74 Å². The van der Waals surface area contributed by atoms with Crippen molar-refractivity contribution in [3.63, 3.8) is 0 Å². The Bertz CT molecular complexity index is 806. The number of benzene rings is 1. The van der Waals surface area contributed by atoms with Crippen LogP contribution in [0.5, 0.6) is 0 Å². The number of halogens is 1. The molecule has 0 saturated carbocycles. The van der Waals surface area contributed by atoms with Crippen LogP contribution in [0.3, 0.4) is 0 Å². The first-order chi connectivity index (χ1) is 11.3. The minimum Gasteiger partial charge on any atom is -0.383 e. The maximum Gasteiger partial charge on any atom is 0.156 e. The van der Waals surface area contributed by atoms with Gasteiger partial charge in [0, 0.05) is 23.9 Å². The van der Waals surface area contributed by atoms with Crippen molar-refractivity contribution in [3.05, 3.63) is 52.0 Å². The van der Waals surface area contributed by atoms with Crippen molar-refractivity contribution in [1.82, 2.24) is 9.78 Å². The van der Waals surface area contributed by atoms with Gasteiger partial charge >= 0.3 is 0 Å². The van der Waals surface area contributed by atoms with Crippen LogP contribution in [0.15, 0.2) is 36.4 Å². The van der Waals surface area contributed by atoms with E-state index in [1.165, 1.54) is 0 Å². The van der Waals surface area contributed by atoms with E-state index in [-0.39, 0.29) is 0 Å². The molecule has 3 rings (SSSR count). The van der Waals surface area contributed by atoms with Gasteiger partial charge in [-0.25, -0.2) is 4.68 Å². The third kappa shape index (κ3) is 3.66. The van der Waals surface area contributed by atoms with Gasteiger partial charge in [0.25, 0.3) is 0 Å². The minimum atomic E-state index is 0.641. The monoisotopic (exact) mass is 329 g/mol. The van der Waals surface area contributed by atoms with Crippen molar-refractivity contribution in [2.24, 2.45) is 0 Å². The topological polar surface area (TPSA) is 39.1 Å². The number of nitrogens with zero attached hydrogens (tertiary/aromatic N) is 2. The summed E-state index contributed by atoms with van der Waals surface area (Å²) in [7, 11) is 1.70. The Labute approximate surface area is 140 Å². The number of methoxy groups -OCH3 is 1. The Morgan fingerprint density at radius 3 is 2.87 bits per heavy atom. The van der Waals surface area contributed by atoms with Crippen molar-refractivity contribution in [1.29, 1.82) is 0 Å². The zero-order chi connectivity index (χ0) is 16.1. The van der Waals surface area contributed by atoms with Crippen molar-refractivity contribution in [3.8, 4) is 5.69 Å². The number of ether oxygens (including phenoxy) is 1. The van der Waals surface area contributed by atoms with E-state index in [4.69, 9.17) is 21.4 Å². The fraction of sp³-hybridized carbons (Fsp3) is 0.278. The molecule has 120 valence electrons. The lowest BCUT2D eigenvalue weighted by molar-refractivity contribution is 0.210. The molecule has 0 spiro atoms. The Morgan fingerprint density at radius 2 is 2.09 bits per heavy atom. The highest BCUT2D eigenvalue weighted by Crippen LogP contribution is 2.12. The third-order valence-electron chi connectivity index (χ3n) is 3.70. The molecular weight excluding hydrogens is 310 g/mol. The van der Waals surface area contributed by atoms with Gasteiger partial charge in [0.1, 0.15) is 0 Å². The predicted octanol–water partition coefficient (Wildman–Crippen LogP) is 2.50. The van der Waals surface area contributed by atoms with Crippen LogP contribution in [0, 0.1) is 0 Å². The second-order valence-corrected chi connectivity index (χ2v) is 5.77. The Hall–Kier alpha value is -2.04. The third-order valence-corrected chi connectivity index (χ3v) is 3.95. The average Bonchev–Trinajstić information content (AvgIpc) is 2.85. The molecule has 0 fully saturated rings. The van der Waals surface area contributed by atoms with Gasteiger partial charge in [-0.15, -0.1) is 5.10 Å². The van der Waals surface area contributed by atoms with Gasteiger partial charge in [0.15, 0.2) is 5.82 Å². The maximum absolute atomic E-state index is 6.00. The maximum atomic E-state index is 6.00. The molecule has 1 aromatic heterocycles. The summed E-state index contributed by atoms with van der Waals surface area (Å²) in [5.41, 5.74) is 1.000. The first-order valence-electron chi connectivity index (χ1n) is 7.74. The van der Waals surface area contributed by atoms with Gasteiger partial charge in [-0.05, 0) is 43.2 Å². The standard InChI is InChI=1S/C18H20ClN3O/c1-23-13-12-20-18-16-6-4-2-3-5-7-17(16)22(21-18)15-10-8-14(19)9-11-15/h2,4,6-11H,3,5,12-13H2,1H3,(H,20,21). The molecule has 23 heavy (non-hydrogen) atoms. The molecule has 1 aliphatic carbocycles. The number of aromatic nitrogens is 2. The van der Waals surface area contributed by atoms with E-state index in [0.29, 0.717) is 6.61 Å². The van der Waals surface area contributed by atoms with Crippen LogP contribution in [0.25, 0.3) is 17.8 Å². The average molecular weight is 330 g/mol. The Kier molecular flexibility index (Phi) is 5.16. The molecule has 0 aliphatic heterocycles. The second kappa shape index (κ2) is 7.49. The van der Waals surface area contributed by atoms with Gasteiger partial charge in [-0.1, -0.05) is 29.8 Å². The van der Waals surface area contributed by atoms with E-state index >= 15 is 0 Å². The quantitative estimate of drug-likeness (QED) is 0.857. The lowest BCUT2D eigenvalue weighted by atomic mass is 10.2. The molecule has 1 aliphatic rings. The number of nitrogens with one attached hydrogen (secondary N) is 1. The summed E-state index contributed by atoms with van der Waals surface area (Å²) in [6.45, 7) is 1.36. The Balaban J connectivity index is 2.11. The van der Waals surface area contributed by atoms with E-state index in [0.717, 1.165) is 46.5 Å². The molecule has 4 nitrogen and oxygen atoms in total. The smallest absolute Gasteiger partial charge is 0.156 e. The zero-order valence-electron chi connectivity index (χ0n) is 13.1. The number of allylic oxidation sites excluding steroid dienone is 2. The summed E-state index contributed by atoms with van der Waals surface area (Å²) in [5.74, 6) is 0.870. The molecular formula is C18H20ClN3O. The van der Waals surface area contributed by atoms with E-state index in [2.05, 4.69) is 29.6 Å². The number of hydrogen-bond acceptors (Lipinski definition) is 3. The van der Waals surface area contributed by atoms with Gasteiger partial charge in [-0.2, -0.15) is 0 Å². The van der Waals surface area contributed by atoms with Crippen LogP contribution in [0.2, 0.25) is 5.02 Å². The SMILES string of the molecule is COCCNc1nn(-c2ccc(Cl)cc2)c2c1=CC=CCCC=2. The van der Waals surface area contributed by atoms with E-state index < -0.39 is 0 Å². The van der Waals surface area contributed by atoms with Crippen LogP contribution in [-0.4, -0.2) is 30.0 Å². The summed E-state index contributed by atoms with van der Waals surface area (Å²) in [5, 5.41) is 11.0. The zero-order valence-corrected chi connectivity index (χ0v) is 13.9. The summed E-state index contributed by atoms with van der Waals surface area (Å²) in [6, 6.07) is 7.74.